The Kier molecular flexibility index (Phi) is 5.70. The van der Waals surface area contributed by atoms with Gasteiger partial charge >= 0.3 is 6.18 Å². The molecule has 1 N–H and O–H groups in total. The molecule has 3 nitrogen and oxygen atoms in total. The van der Waals surface area contributed by atoms with Crippen LogP contribution in [0.1, 0.15) is 64.2 Å². The average Bonchev–Trinajstić information content (AvgIpc) is 3.57. The molecular weight excluding hydrogens is 418 g/mol. The van der Waals surface area contributed by atoms with Crippen molar-refractivity contribution in [3.63, 3.8) is 0 Å². The van der Waals surface area contributed by atoms with E-state index in [0.717, 1.165) is 43.4 Å². The fourth-order valence-corrected chi connectivity index (χ4v) is 3.99. The largest absolute Gasteiger partial charge is 0.489 e. The number of carbonyl (C=O) groups excluding carboxylic acids is 1. The number of amides is 1. The van der Waals surface area contributed by atoms with Gasteiger partial charge in [0.25, 0.3) is 5.91 Å². The van der Waals surface area contributed by atoms with Gasteiger partial charge in [-0.1, -0.05) is 0 Å². The third-order valence-electron chi connectivity index (χ3n) is 5.11. The molecule has 0 heterocycles. The summed E-state index contributed by atoms with van der Waals surface area (Å²) in [5.74, 6) is -0.832. The van der Waals surface area contributed by atoms with Gasteiger partial charge in [-0.3, -0.25) is 9.52 Å². The summed E-state index contributed by atoms with van der Waals surface area (Å²) in [6, 6.07) is 6.34. The molecule has 2 aromatic rings. The van der Waals surface area contributed by atoms with Gasteiger partial charge in [-0.15, -0.1) is 0 Å². The first-order valence-corrected chi connectivity index (χ1v) is 10.7. The number of nitrogens with one attached hydrogen (secondary N) is 1. The van der Waals surface area contributed by atoms with Gasteiger partial charge in [0.15, 0.2) is 0 Å². The summed E-state index contributed by atoms with van der Waals surface area (Å²) in [6.07, 6.45) is -0.515. The molecule has 1 amide bonds. The lowest BCUT2D eigenvalue weighted by atomic mass is 9.99. The smallest absolute Gasteiger partial charge is 0.416 e. The van der Waals surface area contributed by atoms with E-state index in [-0.39, 0.29) is 23.8 Å². The number of aryl methyl sites for hydroxylation is 1. The fraction of sp³-hybridized carbons (Fsp3) is 0.409. The number of benzene rings is 2. The third kappa shape index (κ3) is 5.09. The first-order valence-electron chi connectivity index (χ1n) is 9.80. The summed E-state index contributed by atoms with van der Waals surface area (Å²) in [7, 11) is 0. The molecule has 0 aromatic heterocycles. The highest BCUT2D eigenvalue weighted by Gasteiger charge is 2.32. The van der Waals surface area contributed by atoms with Crippen molar-refractivity contribution >= 4 is 17.9 Å². The van der Waals surface area contributed by atoms with Gasteiger partial charge in [0, 0.05) is 5.25 Å². The Labute approximate surface area is 176 Å². The van der Waals surface area contributed by atoms with Crippen LogP contribution in [-0.4, -0.2) is 11.2 Å². The Morgan fingerprint density at radius 1 is 1.13 bits per heavy atom. The van der Waals surface area contributed by atoms with E-state index >= 15 is 0 Å². The van der Waals surface area contributed by atoms with E-state index in [0.29, 0.717) is 16.4 Å². The SMILES string of the molecule is Cc1cc(OCc2cc(F)c(C(=O)NSC3CC3)cc2C2CC2)cc(C(F)(F)F)c1. The molecule has 8 heteroatoms. The van der Waals surface area contributed by atoms with Crippen molar-refractivity contribution in [2.45, 2.75) is 56.6 Å². The first-order chi connectivity index (χ1) is 14.2. The number of hydrogen-bond donors (Lipinski definition) is 1. The zero-order valence-electron chi connectivity index (χ0n) is 16.3. The standard InChI is InChI=1S/C22H21F4NO2S/c1-12-6-15(22(24,25)26)9-16(7-12)29-11-14-8-20(23)19(10-18(14)13-2-3-13)21(28)27-30-17-4-5-17/h6-10,13,17H,2-5,11H2,1H3,(H,27,28). The highest BCUT2D eigenvalue weighted by atomic mass is 32.2. The van der Waals surface area contributed by atoms with Gasteiger partial charge < -0.3 is 4.74 Å². The van der Waals surface area contributed by atoms with E-state index in [9.17, 15) is 22.4 Å². The second-order valence-electron chi connectivity index (χ2n) is 7.87. The Morgan fingerprint density at radius 2 is 1.87 bits per heavy atom. The predicted octanol–water partition coefficient (Wildman–Crippen LogP) is 6.15. The maximum Gasteiger partial charge on any atom is 0.416 e. The van der Waals surface area contributed by atoms with E-state index in [4.69, 9.17) is 4.74 Å². The summed E-state index contributed by atoms with van der Waals surface area (Å²) in [4.78, 5) is 12.3. The maximum absolute atomic E-state index is 14.6. The van der Waals surface area contributed by atoms with Gasteiger partial charge in [-0.2, -0.15) is 13.2 Å². The van der Waals surface area contributed by atoms with Crippen LogP contribution in [0.2, 0.25) is 0 Å². The molecule has 0 atom stereocenters. The molecule has 0 saturated heterocycles. The maximum atomic E-state index is 14.6. The topological polar surface area (TPSA) is 38.3 Å². The zero-order valence-corrected chi connectivity index (χ0v) is 17.1. The predicted molar refractivity (Wildman–Crippen MR) is 107 cm³/mol. The summed E-state index contributed by atoms with van der Waals surface area (Å²) in [5, 5.41) is 0.406. The van der Waals surface area contributed by atoms with Crippen molar-refractivity contribution in [2.75, 3.05) is 0 Å². The van der Waals surface area contributed by atoms with Crippen LogP contribution >= 0.6 is 11.9 Å². The van der Waals surface area contributed by atoms with Crippen LogP contribution in [-0.2, 0) is 12.8 Å². The molecule has 0 spiro atoms. The lowest BCUT2D eigenvalue weighted by molar-refractivity contribution is -0.137. The lowest BCUT2D eigenvalue weighted by Gasteiger charge is -2.15. The molecule has 2 aromatic carbocycles. The monoisotopic (exact) mass is 439 g/mol. The minimum absolute atomic E-state index is 0.0105. The molecule has 160 valence electrons. The Bertz CT molecular complexity index is 968. The molecule has 2 aliphatic carbocycles. The van der Waals surface area contributed by atoms with Crippen LogP contribution in [0.25, 0.3) is 0 Å². The second kappa shape index (κ2) is 8.13. The van der Waals surface area contributed by atoms with Crippen molar-refractivity contribution in [3.8, 4) is 5.75 Å². The summed E-state index contributed by atoms with van der Waals surface area (Å²) in [5.41, 5.74) is 1.00. The van der Waals surface area contributed by atoms with Crippen LogP contribution in [0.15, 0.2) is 30.3 Å². The van der Waals surface area contributed by atoms with Crippen molar-refractivity contribution in [1.29, 1.82) is 0 Å². The summed E-state index contributed by atoms with van der Waals surface area (Å²) >= 11 is 1.32. The minimum atomic E-state index is -4.47. The van der Waals surface area contributed by atoms with Crippen LogP contribution < -0.4 is 9.46 Å². The van der Waals surface area contributed by atoms with Gasteiger partial charge in [-0.25, -0.2) is 4.39 Å². The molecule has 4 rings (SSSR count). The number of hydrogen-bond acceptors (Lipinski definition) is 3. The van der Waals surface area contributed by atoms with Gasteiger partial charge in [-0.05, 0) is 97.5 Å². The molecule has 0 aliphatic heterocycles. The zero-order chi connectivity index (χ0) is 21.5. The molecule has 0 radical (unpaired) electrons. The van der Waals surface area contributed by atoms with Crippen molar-refractivity contribution < 1.29 is 27.1 Å². The number of ether oxygens (including phenoxy) is 1. The highest BCUT2D eigenvalue weighted by Crippen LogP contribution is 2.43. The quantitative estimate of drug-likeness (QED) is 0.415. The first kappa shape index (κ1) is 21.0. The van der Waals surface area contributed by atoms with Crippen molar-refractivity contribution in [1.82, 2.24) is 4.72 Å². The second-order valence-corrected chi connectivity index (χ2v) is 8.98. The molecule has 0 bridgehead atoms. The van der Waals surface area contributed by atoms with E-state index in [1.54, 1.807) is 13.0 Å². The number of rotatable bonds is 7. The molecule has 30 heavy (non-hydrogen) atoms. The molecule has 2 fully saturated rings. The lowest BCUT2D eigenvalue weighted by Crippen LogP contribution is -2.19. The highest BCUT2D eigenvalue weighted by molar-refractivity contribution is 7.98. The Morgan fingerprint density at radius 3 is 2.50 bits per heavy atom. The summed E-state index contributed by atoms with van der Waals surface area (Å²) < 4.78 is 62.0. The van der Waals surface area contributed by atoms with Crippen LogP contribution in [0.4, 0.5) is 17.6 Å². The third-order valence-corrected chi connectivity index (χ3v) is 6.21. The van der Waals surface area contributed by atoms with E-state index in [1.165, 1.54) is 24.1 Å². The van der Waals surface area contributed by atoms with Gasteiger partial charge in [0.2, 0.25) is 0 Å². The number of alkyl halides is 3. The van der Waals surface area contributed by atoms with Crippen molar-refractivity contribution in [2.24, 2.45) is 0 Å². The molecular formula is C22H21F4NO2S. The number of carbonyl (C=O) groups is 1. The average molecular weight is 439 g/mol. The van der Waals surface area contributed by atoms with Crippen molar-refractivity contribution in [3.05, 3.63) is 64.0 Å². The van der Waals surface area contributed by atoms with Crippen LogP contribution in [0.3, 0.4) is 0 Å². The van der Waals surface area contributed by atoms with E-state index in [1.807, 2.05) is 0 Å². The molecule has 2 aliphatic rings. The Hall–Kier alpha value is -2.22. The van der Waals surface area contributed by atoms with Gasteiger partial charge in [0.1, 0.15) is 18.2 Å². The van der Waals surface area contributed by atoms with E-state index in [2.05, 4.69) is 4.72 Å². The minimum Gasteiger partial charge on any atom is -0.489 e. The Balaban J connectivity index is 1.53. The van der Waals surface area contributed by atoms with Gasteiger partial charge in [0.05, 0.1) is 11.1 Å². The molecule has 0 unspecified atom stereocenters. The van der Waals surface area contributed by atoms with Crippen LogP contribution in [0.5, 0.6) is 5.75 Å². The van der Waals surface area contributed by atoms with Crippen LogP contribution in [0, 0.1) is 12.7 Å². The van der Waals surface area contributed by atoms with E-state index < -0.39 is 23.5 Å². The normalized spacial score (nSPS) is 16.4. The fourth-order valence-electron chi connectivity index (χ4n) is 3.24. The number of halogens is 4. The molecule has 2 saturated carbocycles. The summed E-state index contributed by atoms with van der Waals surface area (Å²) in [6.45, 7) is 1.49.